The molecule has 0 spiro atoms. The Bertz CT molecular complexity index is 445. The van der Waals surface area contributed by atoms with Crippen LogP contribution in [0.25, 0.3) is 0 Å². The van der Waals surface area contributed by atoms with Crippen LogP contribution >= 0.6 is 0 Å². The maximum absolute atomic E-state index is 12.1. The van der Waals surface area contributed by atoms with E-state index in [-0.39, 0.29) is 17.7 Å². The molecular formula is C14H20N2O2. The molecule has 1 aromatic rings. The molecule has 0 saturated carbocycles. The Hall–Kier alpha value is -1.55. The Kier molecular flexibility index (Phi) is 3.87. The molecule has 0 bridgehead atoms. The summed E-state index contributed by atoms with van der Waals surface area (Å²) >= 11 is 0. The van der Waals surface area contributed by atoms with Gasteiger partial charge in [-0.25, -0.2) is 0 Å². The molecule has 1 aliphatic rings. The summed E-state index contributed by atoms with van der Waals surface area (Å²) in [5, 5.41) is 16.0. The molecular weight excluding hydrogens is 228 g/mol. The zero-order chi connectivity index (χ0) is 13.1. The summed E-state index contributed by atoms with van der Waals surface area (Å²) in [5.41, 5.74) is 1.19. The lowest BCUT2D eigenvalue weighted by Gasteiger charge is -2.28. The maximum atomic E-state index is 12.1. The lowest BCUT2D eigenvalue weighted by molar-refractivity contribution is 0.0924. The number of rotatable bonds is 2. The fourth-order valence-corrected chi connectivity index (χ4v) is 2.40. The molecule has 1 amide bonds. The van der Waals surface area contributed by atoms with Crippen molar-refractivity contribution < 1.29 is 9.90 Å². The van der Waals surface area contributed by atoms with Crippen LogP contribution in [-0.2, 0) is 0 Å². The molecule has 4 nitrogen and oxygen atoms in total. The van der Waals surface area contributed by atoms with E-state index in [2.05, 4.69) is 17.6 Å². The number of nitrogens with one attached hydrogen (secondary N) is 2. The molecule has 0 aromatic heterocycles. The number of amides is 1. The standard InChI is InChI=1S/C14H20N2O2/c1-9-8-11(6-7-15-9)16-14(18)12-4-3-5-13(17)10(12)2/h3-5,9,11,15,17H,6-8H2,1-2H3,(H,16,18). The minimum Gasteiger partial charge on any atom is -0.508 e. The van der Waals surface area contributed by atoms with E-state index in [4.69, 9.17) is 0 Å². The van der Waals surface area contributed by atoms with Crippen LogP contribution in [0.2, 0.25) is 0 Å². The normalized spacial score (nSPS) is 23.7. The molecule has 98 valence electrons. The number of piperidine rings is 1. The van der Waals surface area contributed by atoms with Crippen molar-refractivity contribution >= 4 is 5.91 Å². The Balaban J connectivity index is 2.05. The second-order valence-corrected chi connectivity index (χ2v) is 5.00. The van der Waals surface area contributed by atoms with Crippen molar-refractivity contribution in [3.05, 3.63) is 29.3 Å². The molecule has 18 heavy (non-hydrogen) atoms. The molecule has 0 aliphatic carbocycles. The van der Waals surface area contributed by atoms with E-state index in [1.54, 1.807) is 25.1 Å². The fourth-order valence-electron chi connectivity index (χ4n) is 2.40. The third-order valence-corrected chi connectivity index (χ3v) is 3.51. The topological polar surface area (TPSA) is 61.4 Å². The average molecular weight is 248 g/mol. The highest BCUT2D eigenvalue weighted by Crippen LogP contribution is 2.20. The van der Waals surface area contributed by atoms with Crippen LogP contribution in [0.15, 0.2) is 18.2 Å². The quantitative estimate of drug-likeness (QED) is 0.744. The van der Waals surface area contributed by atoms with Gasteiger partial charge in [0.25, 0.3) is 5.91 Å². The summed E-state index contributed by atoms with van der Waals surface area (Å²) in [7, 11) is 0. The zero-order valence-corrected chi connectivity index (χ0v) is 10.9. The van der Waals surface area contributed by atoms with Crippen LogP contribution in [0, 0.1) is 6.92 Å². The Morgan fingerprint density at radius 3 is 3.00 bits per heavy atom. The number of phenols is 1. The van der Waals surface area contributed by atoms with Gasteiger partial charge in [0.1, 0.15) is 5.75 Å². The molecule has 2 atom stereocenters. The van der Waals surface area contributed by atoms with Gasteiger partial charge in [0.15, 0.2) is 0 Å². The van der Waals surface area contributed by atoms with E-state index < -0.39 is 0 Å². The number of carbonyl (C=O) groups is 1. The third-order valence-electron chi connectivity index (χ3n) is 3.51. The molecule has 1 fully saturated rings. The molecule has 1 aliphatic heterocycles. The van der Waals surface area contributed by atoms with Crippen molar-refractivity contribution in [2.75, 3.05) is 6.54 Å². The first-order chi connectivity index (χ1) is 8.58. The first-order valence-electron chi connectivity index (χ1n) is 6.40. The first kappa shape index (κ1) is 12.9. The van der Waals surface area contributed by atoms with Gasteiger partial charge in [0.2, 0.25) is 0 Å². The monoisotopic (exact) mass is 248 g/mol. The second-order valence-electron chi connectivity index (χ2n) is 5.00. The maximum Gasteiger partial charge on any atom is 0.251 e. The van der Waals surface area contributed by atoms with Crippen LogP contribution in [0.4, 0.5) is 0 Å². The van der Waals surface area contributed by atoms with Gasteiger partial charge in [-0.05, 0) is 45.4 Å². The van der Waals surface area contributed by atoms with Gasteiger partial charge in [-0.15, -0.1) is 0 Å². The predicted octanol–water partition coefficient (Wildman–Crippen LogP) is 1.57. The van der Waals surface area contributed by atoms with E-state index >= 15 is 0 Å². The highest BCUT2D eigenvalue weighted by Gasteiger charge is 2.21. The van der Waals surface area contributed by atoms with Gasteiger partial charge >= 0.3 is 0 Å². The Labute approximate surface area is 107 Å². The van der Waals surface area contributed by atoms with E-state index in [9.17, 15) is 9.90 Å². The van der Waals surface area contributed by atoms with Crippen molar-refractivity contribution in [1.29, 1.82) is 0 Å². The summed E-state index contributed by atoms with van der Waals surface area (Å²) in [4.78, 5) is 12.1. The van der Waals surface area contributed by atoms with Crippen molar-refractivity contribution in [3.8, 4) is 5.75 Å². The average Bonchev–Trinajstić information content (AvgIpc) is 2.32. The first-order valence-corrected chi connectivity index (χ1v) is 6.40. The summed E-state index contributed by atoms with van der Waals surface area (Å²) in [5.74, 6) is 0.0730. The van der Waals surface area contributed by atoms with Crippen molar-refractivity contribution in [3.63, 3.8) is 0 Å². The van der Waals surface area contributed by atoms with Crippen LogP contribution < -0.4 is 10.6 Å². The highest BCUT2D eigenvalue weighted by atomic mass is 16.3. The Morgan fingerprint density at radius 2 is 2.28 bits per heavy atom. The largest absolute Gasteiger partial charge is 0.508 e. The summed E-state index contributed by atoms with van der Waals surface area (Å²) in [6, 6.07) is 5.69. The lowest BCUT2D eigenvalue weighted by atomic mass is 9.99. The molecule has 2 rings (SSSR count). The number of phenolic OH excluding ortho intramolecular Hbond substituents is 1. The molecule has 2 unspecified atom stereocenters. The molecule has 0 radical (unpaired) electrons. The molecule has 1 saturated heterocycles. The lowest BCUT2D eigenvalue weighted by Crippen LogP contribution is -2.46. The van der Waals surface area contributed by atoms with Gasteiger partial charge in [0.05, 0.1) is 0 Å². The van der Waals surface area contributed by atoms with Gasteiger partial charge in [0, 0.05) is 23.2 Å². The van der Waals surface area contributed by atoms with Crippen molar-refractivity contribution in [2.45, 2.75) is 38.8 Å². The molecule has 1 heterocycles. The van der Waals surface area contributed by atoms with E-state index in [0.717, 1.165) is 19.4 Å². The van der Waals surface area contributed by atoms with Gasteiger partial charge in [-0.3, -0.25) is 4.79 Å². The number of aromatic hydroxyl groups is 1. The van der Waals surface area contributed by atoms with E-state index in [1.165, 1.54) is 0 Å². The smallest absolute Gasteiger partial charge is 0.251 e. The molecule has 1 aromatic carbocycles. The summed E-state index contributed by atoms with van der Waals surface area (Å²) < 4.78 is 0. The van der Waals surface area contributed by atoms with E-state index in [0.29, 0.717) is 17.2 Å². The third kappa shape index (κ3) is 2.82. The fraction of sp³-hybridized carbons (Fsp3) is 0.500. The van der Waals surface area contributed by atoms with Crippen LogP contribution in [0.5, 0.6) is 5.75 Å². The minimum atomic E-state index is -0.0949. The van der Waals surface area contributed by atoms with Crippen LogP contribution in [0.3, 0.4) is 0 Å². The summed E-state index contributed by atoms with van der Waals surface area (Å²) in [6.07, 6.45) is 1.90. The number of benzene rings is 1. The Morgan fingerprint density at radius 1 is 1.50 bits per heavy atom. The minimum absolute atomic E-state index is 0.0949. The number of hydrogen-bond donors (Lipinski definition) is 3. The van der Waals surface area contributed by atoms with Crippen molar-refractivity contribution in [1.82, 2.24) is 10.6 Å². The van der Waals surface area contributed by atoms with E-state index in [1.807, 2.05) is 0 Å². The van der Waals surface area contributed by atoms with Gasteiger partial charge in [-0.1, -0.05) is 6.07 Å². The molecule has 3 N–H and O–H groups in total. The SMILES string of the molecule is Cc1c(O)cccc1C(=O)NC1CCNC(C)C1. The molecule has 4 heteroatoms. The second kappa shape index (κ2) is 5.40. The summed E-state index contributed by atoms with van der Waals surface area (Å²) in [6.45, 7) is 4.82. The van der Waals surface area contributed by atoms with Crippen LogP contribution in [0.1, 0.15) is 35.7 Å². The number of carbonyl (C=O) groups excluding carboxylic acids is 1. The number of hydrogen-bond acceptors (Lipinski definition) is 3. The van der Waals surface area contributed by atoms with Crippen LogP contribution in [-0.4, -0.2) is 29.6 Å². The van der Waals surface area contributed by atoms with Gasteiger partial charge in [-0.2, -0.15) is 0 Å². The predicted molar refractivity (Wildman–Crippen MR) is 70.8 cm³/mol. The zero-order valence-electron chi connectivity index (χ0n) is 10.9. The van der Waals surface area contributed by atoms with Crippen molar-refractivity contribution in [2.24, 2.45) is 0 Å². The van der Waals surface area contributed by atoms with Gasteiger partial charge < -0.3 is 15.7 Å². The highest BCUT2D eigenvalue weighted by molar-refractivity contribution is 5.96.